The molecule has 5 nitrogen and oxygen atoms in total. The van der Waals surface area contributed by atoms with Crippen molar-refractivity contribution < 1.29 is 32.5 Å². The summed E-state index contributed by atoms with van der Waals surface area (Å²) >= 11 is 1.45. The lowest BCUT2D eigenvalue weighted by Gasteiger charge is -2.11. The lowest BCUT2D eigenvalue weighted by Crippen LogP contribution is -2.04. The monoisotopic (exact) mass is 451 g/mol. The quantitative estimate of drug-likeness (QED) is 0.437. The molecule has 0 aliphatic rings. The van der Waals surface area contributed by atoms with Crippen molar-refractivity contribution in [3.8, 4) is 22.8 Å². The van der Waals surface area contributed by atoms with Gasteiger partial charge in [0.2, 0.25) is 0 Å². The first-order valence-corrected chi connectivity index (χ1v) is 10.3. The Kier molecular flexibility index (Phi) is 7.17. The molecule has 0 unspecified atom stereocenters. The molecule has 1 aromatic heterocycles. The van der Waals surface area contributed by atoms with E-state index in [1.54, 1.807) is 18.2 Å². The molecule has 2 aromatic carbocycles. The fourth-order valence-electron chi connectivity index (χ4n) is 2.91. The topological polar surface area (TPSA) is 68.7 Å². The average molecular weight is 451 g/mol. The number of methoxy groups -OCH3 is 1. The largest absolute Gasteiger partial charge is 0.493 e. The number of rotatable bonds is 9. The van der Waals surface area contributed by atoms with Crippen LogP contribution in [-0.4, -0.2) is 29.8 Å². The SMILES string of the molecule is COc1cc(CC(=O)O)ccc1OCCCc1nc(-c2ccc(C(F)(F)F)cc2)cs1. The molecule has 0 saturated heterocycles. The number of carboxylic acid groups (broad SMARTS) is 1. The Morgan fingerprint density at radius 2 is 1.87 bits per heavy atom. The van der Waals surface area contributed by atoms with E-state index in [-0.39, 0.29) is 6.42 Å². The van der Waals surface area contributed by atoms with E-state index < -0.39 is 17.7 Å². The van der Waals surface area contributed by atoms with E-state index in [2.05, 4.69) is 4.98 Å². The molecule has 0 bridgehead atoms. The second kappa shape index (κ2) is 9.82. The van der Waals surface area contributed by atoms with Crippen LogP contribution >= 0.6 is 11.3 Å². The summed E-state index contributed by atoms with van der Waals surface area (Å²) in [5.41, 5.74) is 1.22. The van der Waals surface area contributed by atoms with Crippen molar-refractivity contribution in [2.24, 2.45) is 0 Å². The fraction of sp³-hybridized carbons (Fsp3) is 0.273. The van der Waals surface area contributed by atoms with Gasteiger partial charge in [0.25, 0.3) is 0 Å². The number of nitrogens with zero attached hydrogens (tertiary/aromatic N) is 1. The number of aliphatic carboxylic acids is 1. The van der Waals surface area contributed by atoms with Crippen LogP contribution in [0.2, 0.25) is 0 Å². The standard InChI is InChI=1S/C22H20F3NO4S/c1-29-19-11-14(12-21(27)28)4-9-18(19)30-10-2-3-20-26-17(13-31-20)15-5-7-16(8-6-15)22(23,24)25/h4-9,11,13H,2-3,10,12H2,1H3,(H,27,28). The molecule has 164 valence electrons. The number of ether oxygens (including phenoxy) is 2. The van der Waals surface area contributed by atoms with Gasteiger partial charge in [0, 0.05) is 17.4 Å². The van der Waals surface area contributed by atoms with E-state index in [1.165, 1.54) is 30.6 Å². The van der Waals surface area contributed by atoms with E-state index in [9.17, 15) is 18.0 Å². The van der Waals surface area contributed by atoms with Crippen LogP contribution in [0.3, 0.4) is 0 Å². The molecule has 0 atom stereocenters. The molecule has 0 fully saturated rings. The molecular weight excluding hydrogens is 431 g/mol. The molecular formula is C22H20F3NO4S. The summed E-state index contributed by atoms with van der Waals surface area (Å²) in [6.45, 7) is 0.407. The molecule has 3 aromatic rings. The summed E-state index contributed by atoms with van der Waals surface area (Å²) in [4.78, 5) is 15.3. The molecule has 1 heterocycles. The first kappa shape index (κ1) is 22.6. The zero-order valence-corrected chi connectivity index (χ0v) is 17.4. The van der Waals surface area contributed by atoms with Crippen LogP contribution in [0.15, 0.2) is 47.8 Å². The van der Waals surface area contributed by atoms with E-state index in [0.717, 1.165) is 17.1 Å². The highest BCUT2D eigenvalue weighted by atomic mass is 32.1. The maximum absolute atomic E-state index is 12.7. The molecule has 0 aliphatic carbocycles. The van der Waals surface area contributed by atoms with Crippen molar-refractivity contribution in [1.29, 1.82) is 0 Å². The van der Waals surface area contributed by atoms with E-state index in [4.69, 9.17) is 14.6 Å². The smallest absolute Gasteiger partial charge is 0.416 e. The van der Waals surface area contributed by atoms with Gasteiger partial charge < -0.3 is 14.6 Å². The molecule has 31 heavy (non-hydrogen) atoms. The van der Waals surface area contributed by atoms with Crippen LogP contribution in [0.5, 0.6) is 11.5 Å². The molecule has 3 rings (SSSR count). The van der Waals surface area contributed by atoms with E-state index in [1.807, 2.05) is 5.38 Å². The Bertz CT molecular complexity index is 1030. The van der Waals surface area contributed by atoms with Crippen molar-refractivity contribution in [3.05, 3.63) is 64.0 Å². The lowest BCUT2D eigenvalue weighted by molar-refractivity contribution is -0.138. The lowest BCUT2D eigenvalue weighted by atomic mass is 10.1. The van der Waals surface area contributed by atoms with Crippen LogP contribution in [0.1, 0.15) is 22.6 Å². The van der Waals surface area contributed by atoms with Gasteiger partial charge in [0.05, 0.1) is 36.4 Å². The predicted molar refractivity (Wildman–Crippen MR) is 111 cm³/mol. The van der Waals surface area contributed by atoms with Gasteiger partial charge >= 0.3 is 12.1 Å². The number of carbonyl (C=O) groups is 1. The Hall–Kier alpha value is -3.07. The van der Waals surface area contributed by atoms with Gasteiger partial charge in [-0.15, -0.1) is 11.3 Å². The van der Waals surface area contributed by atoms with Gasteiger partial charge in [-0.1, -0.05) is 18.2 Å². The number of aryl methyl sites for hydroxylation is 1. The molecule has 0 spiro atoms. The zero-order chi connectivity index (χ0) is 22.4. The number of aromatic nitrogens is 1. The number of hydrogen-bond acceptors (Lipinski definition) is 5. The minimum Gasteiger partial charge on any atom is -0.493 e. The van der Waals surface area contributed by atoms with Crippen LogP contribution in [0, 0.1) is 0 Å². The maximum atomic E-state index is 12.7. The molecule has 0 amide bonds. The summed E-state index contributed by atoms with van der Waals surface area (Å²) < 4.78 is 49.1. The van der Waals surface area contributed by atoms with Gasteiger partial charge in [-0.05, 0) is 36.2 Å². The van der Waals surface area contributed by atoms with Crippen molar-refractivity contribution in [1.82, 2.24) is 4.98 Å². The fourth-order valence-corrected chi connectivity index (χ4v) is 3.76. The Morgan fingerprint density at radius 1 is 1.13 bits per heavy atom. The number of thiazole rings is 1. The summed E-state index contributed by atoms with van der Waals surface area (Å²) in [6, 6.07) is 9.96. The second-order valence-electron chi connectivity index (χ2n) is 6.71. The van der Waals surface area contributed by atoms with E-state index >= 15 is 0 Å². The Morgan fingerprint density at radius 3 is 2.52 bits per heavy atom. The molecule has 9 heteroatoms. The van der Waals surface area contributed by atoms with Gasteiger partial charge in [-0.3, -0.25) is 4.79 Å². The van der Waals surface area contributed by atoms with Crippen molar-refractivity contribution in [2.75, 3.05) is 13.7 Å². The number of benzene rings is 2. The number of halogens is 3. The van der Waals surface area contributed by atoms with Crippen molar-refractivity contribution in [3.63, 3.8) is 0 Å². The second-order valence-corrected chi connectivity index (χ2v) is 7.65. The van der Waals surface area contributed by atoms with Gasteiger partial charge in [0.1, 0.15) is 0 Å². The maximum Gasteiger partial charge on any atom is 0.416 e. The predicted octanol–water partition coefficient (Wildman–Crippen LogP) is 5.48. The number of carboxylic acids is 1. The highest BCUT2D eigenvalue weighted by molar-refractivity contribution is 7.09. The number of alkyl halides is 3. The minimum atomic E-state index is -4.36. The third-order valence-electron chi connectivity index (χ3n) is 4.44. The number of hydrogen-bond donors (Lipinski definition) is 1. The van der Waals surface area contributed by atoms with Crippen LogP contribution < -0.4 is 9.47 Å². The Labute approximate surface area is 181 Å². The normalized spacial score (nSPS) is 11.4. The summed E-state index contributed by atoms with van der Waals surface area (Å²) in [6.07, 6.45) is -3.11. The summed E-state index contributed by atoms with van der Waals surface area (Å²) in [7, 11) is 1.49. The van der Waals surface area contributed by atoms with E-state index in [0.29, 0.717) is 47.8 Å². The highest BCUT2D eigenvalue weighted by Crippen LogP contribution is 2.32. The third-order valence-corrected chi connectivity index (χ3v) is 5.34. The molecule has 0 aliphatic heterocycles. The summed E-state index contributed by atoms with van der Waals surface area (Å²) in [5.74, 6) is 0.0774. The molecule has 0 saturated carbocycles. The molecule has 0 radical (unpaired) electrons. The van der Waals surface area contributed by atoms with Gasteiger partial charge in [-0.25, -0.2) is 4.98 Å². The van der Waals surface area contributed by atoms with Crippen molar-refractivity contribution >= 4 is 17.3 Å². The van der Waals surface area contributed by atoms with Crippen molar-refractivity contribution in [2.45, 2.75) is 25.4 Å². The van der Waals surface area contributed by atoms with Crippen LogP contribution in [0.25, 0.3) is 11.3 Å². The minimum absolute atomic E-state index is 0.0953. The van der Waals surface area contributed by atoms with Crippen LogP contribution in [-0.2, 0) is 23.8 Å². The van der Waals surface area contributed by atoms with Crippen LogP contribution in [0.4, 0.5) is 13.2 Å². The third kappa shape index (κ3) is 6.21. The molecule has 1 N–H and O–H groups in total. The average Bonchev–Trinajstić information content (AvgIpc) is 3.20. The van der Waals surface area contributed by atoms with Gasteiger partial charge in [0.15, 0.2) is 11.5 Å². The first-order chi connectivity index (χ1) is 14.8. The highest BCUT2D eigenvalue weighted by Gasteiger charge is 2.30. The Balaban J connectivity index is 1.53. The first-order valence-electron chi connectivity index (χ1n) is 9.40. The zero-order valence-electron chi connectivity index (χ0n) is 16.6. The van der Waals surface area contributed by atoms with Gasteiger partial charge in [-0.2, -0.15) is 13.2 Å². The summed E-state index contributed by atoms with van der Waals surface area (Å²) in [5, 5.41) is 11.6.